The average molecular weight is 569 g/mol. The lowest BCUT2D eigenvalue weighted by Gasteiger charge is -2.40. The van der Waals surface area contributed by atoms with Crippen LogP contribution in [0.25, 0.3) is 11.1 Å². The van der Waals surface area contributed by atoms with Gasteiger partial charge in [-0.05, 0) is 77.6 Å². The molecule has 4 rings (SSSR count). The van der Waals surface area contributed by atoms with E-state index < -0.39 is 23.1 Å². The van der Waals surface area contributed by atoms with Crippen molar-refractivity contribution in [2.75, 3.05) is 18.0 Å². The van der Waals surface area contributed by atoms with Gasteiger partial charge in [0.2, 0.25) is 0 Å². The quantitative estimate of drug-likeness (QED) is 0.325. The number of hydrogen-bond donors (Lipinski definition) is 2. The fourth-order valence-electron chi connectivity index (χ4n) is 5.42. The van der Waals surface area contributed by atoms with Gasteiger partial charge < -0.3 is 20.1 Å². The smallest absolute Gasteiger partial charge is 0.337 e. The van der Waals surface area contributed by atoms with E-state index in [0.29, 0.717) is 49.3 Å². The number of amides is 1. The number of carbonyl (C=O) groups excluding carboxylic acids is 1. The van der Waals surface area contributed by atoms with Gasteiger partial charge in [-0.1, -0.05) is 42.5 Å². The maximum atomic E-state index is 12.9. The Labute approximate surface area is 248 Å². The van der Waals surface area contributed by atoms with Crippen molar-refractivity contribution in [2.24, 2.45) is 5.41 Å². The van der Waals surface area contributed by atoms with Gasteiger partial charge in [0.1, 0.15) is 0 Å². The highest BCUT2D eigenvalue weighted by Crippen LogP contribution is 2.44. The summed E-state index contributed by atoms with van der Waals surface area (Å²) in [6.45, 7) is 12.8. The Morgan fingerprint density at radius 3 is 2.24 bits per heavy atom. The molecule has 0 aliphatic carbocycles. The predicted molar refractivity (Wildman–Crippen MR) is 163 cm³/mol. The third-order valence-electron chi connectivity index (χ3n) is 7.72. The minimum atomic E-state index is -1.24. The molecule has 1 atom stereocenters. The average Bonchev–Trinajstić information content (AvgIpc) is 2.95. The third-order valence-corrected chi connectivity index (χ3v) is 7.72. The summed E-state index contributed by atoms with van der Waals surface area (Å²) < 4.78 is 6.13. The Morgan fingerprint density at radius 1 is 1.07 bits per heavy atom. The molecule has 1 fully saturated rings. The molecule has 0 spiro atoms. The molecule has 2 aromatic carbocycles. The fourth-order valence-corrected chi connectivity index (χ4v) is 5.42. The molecule has 42 heavy (non-hydrogen) atoms. The maximum absolute atomic E-state index is 12.9. The number of nitrogens with one attached hydrogen (secondary N) is 1. The van der Waals surface area contributed by atoms with Crippen molar-refractivity contribution in [3.05, 3.63) is 82.7 Å². The standard InChI is InChI=1S/C34H40N4O4/c1-22-27(25-12-14-26(15-13-25)31(39)36-20-24-10-8-7-9-11-24)29(38-18-16-34(6,21-35)17-19-38)28(23(2)37-22)30(32(40)41)42-33(3,4)5/h7-15,30H,16-20H2,1-6H3,(H,36,39)(H,40,41). The molecule has 0 bridgehead atoms. The molecule has 8 heteroatoms. The van der Waals surface area contributed by atoms with Crippen LogP contribution in [0.3, 0.4) is 0 Å². The topological polar surface area (TPSA) is 116 Å². The van der Waals surface area contributed by atoms with Crippen LogP contribution in [0, 0.1) is 30.6 Å². The number of nitriles is 1. The summed E-state index contributed by atoms with van der Waals surface area (Å²) >= 11 is 0. The SMILES string of the molecule is Cc1nc(C)c(C(OC(C)(C)C)C(=O)O)c(N2CCC(C)(C#N)CC2)c1-c1ccc(C(=O)NCc2ccccc2)cc1. The van der Waals surface area contributed by atoms with Crippen molar-refractivity contribution in [3.63, 3.8) is 0 Å². The number of aryl methyl sites for hydroxylation is 2. The first-order chi connectivity index (χ1) is 19.8. The Morgan fingerprint density at radius 2 is 1.69 bits per heavy atom. The van der Waals surface area contributed by atoms with Crippen LogP contribution in [0.4, 0.5) is 5.69 Å². The Balaban J connectivity index is 1.78. The summed E-state index contributed by atoms with van der Waals surface area (Å²) in [7, 11) is 0. The van der Waals surface area contributed by atoms with Crippen LogP contribution in [0.5, 0.6) is 0 Å². The number of carboxylic acids is 1. The lowest BCUT2D eigenvalue weighted by atomic mass is 9.81. The van der Waals surface area contributed by atoms with Crippen LogP contribution >= 0.6 is 0 Å². The van der Waals surface area contributed by atoms with Crippen LogP contribution in [0.15, 0.2) is 54.6 Å². The lowest BCUT2D eigenvalue weighted by Crippen LogP contribution is -2.40. The molecule has 8 nitrogen and oxygen atoms in total. The molecule has 220 valence electrons. The molecule has 2 heterocycles. The van der Waals surface area contributed by atoms with Gasteiger partial charge in [0, 0.05) is 47.7 Å². The van der Waals surface area contributed by atoms with E-state index in [1.807, 2.05) is 84.0 Å². The van der Waals surface area contributed by atoms with E-state index in [1.54, 1.807) is 12.1 Å². The van der Waals surface area contributed by atoms with Crippen molar-refractivity contribution in [1.29, 1.82) is 5.26 Å². The minimum absolute atomic E-state index is 0.179. The van der Waals surface area contributed by atoms with E-state index in [0.717, 1.165) is 28.1 Å². The van der Waals surface area contributed by atoms with E-state index in [1.165, 1.54) is 0 Å². The summed E-state index contributed by atoms with van der Waals surface area (Å²) in [5.41, 5.74) is 4.64. The van der Waals surface area contributed by atoms with Crippen molar-refractivity contribution < 1.29 is 19.4 Å². The van der Waals surface area contributed by atoms with Crippen molar-refractivity contribution >= 4 is 17.6 Å². The second-order valence-corrected chi connectivity index (χ2v) is 12.3. The van der Waals surface area contributed by atoms with Crippen molar-refractivity contribution in [2.45, 2.75) is 72.6 Å². The molecule has 1 aromatic heterocycles. The summed E-state index contributed by atoms with van der Waals surface area (Å²) in [4.78, 5) is 32.5. The number of aliphatic carboxylic acids is 1. The summed E-state index contributed by atoms with van der Waals surface area (Å²) in [6.07, 6.45) is 0.0710. The van der Waals surface area contributed by atoms with Gasteiger partial charge in [-0.2, -0.15) is 5.26 Å². The number of hydrogen-bond acceptors (Lipinski definition) is 6. The van der Waals surface area contributed by atoms with Crippen LogP contribution in [0.1, 0.15) is 79.5 Å². The molecule has 1 amide bonds. The summed E-state index contributed by atoms with van der Waals surface area (Å²) in [5, 5.41) is 23.1. The van der Waals surface area contributed by atoms with Gasteiger partial charge in [-0.3, -0.25) is 9.78 Å². The van der Waals surface area contributed by atoms with Crippen LogP contribution < -0.4 is 10.2 Å². The van der Waals surface area contributed by atoms with Crippen molar-refractivity contribution in [3.8, 4) is 17.2 Å². The Bertz CT molecular complexity index is 1480. The first-order valence-electron chi connectivity index (χ1n) is 14.3. The van der Waals surface area contributed by atoms with Gasteiger partial charge in [0.15, 0.2) is 6.10 Å². The number of nitrogens with zero attached hydrogens (tertiary/aromatic N) is 3. The number of pyridine rings is 1. The first-order valence-corrected chi connectivity index (χ1v) is 14.3. The zero-order valence-electron chi connectivity index (χ0n) is 25.3. The summed E-state index contributed by atoms with van der Waals surface area (Å²) in [6, 6.07) is 19.5. The number of carboxylic acid groups (broad SMARTS) is 1. The molecule has 1 aliphatic rings. The number of carbonyl (C=O) groups is 2. The zero-order chi connectivity index (χ0) is 30.7. The molecule has 0 saturated carbocycles. The van der Waals surface area contributed by atoms with Gasteiger partial charge in [0.25, 0.3) is 5.91 Å². The number of ether oxygens (including phenoxy) is 1. The molecule has 1 aliphatic heterocycles. The highest BCUT2D eigenvalue weighted by atomic mass is 16.5. The third kappa shape index (κ3) is 6.97. The van der Waals surface area contributed by atoms with Crippen LogP contribution in [-0.4, -0.2) is 40.7 Å². The largest absolute Gasteiger partial charge is 0.479 e. The first kappa shape index (κ1) is 30.7. The minimum Gasteiger partial charge on any atom is -0.479 e. The number of benzene rings is 2. The van der Waals surface area contributed by atoms with E-state index in [2.05, 4.69) is 16.3 Å². The normalized spacial score (nSPS) is 15.5. The number of anilines is 1. The van der Waals surface area contributed by atoms with Gasteiger partial charge in [-0.15, -0.1) is 0 Å². The highest BCUT2D eigenvalue weighted by molar-refractivity contribution is 5.95. The van der Waals surface area contributed by atoms with Crippen LogP contribution in [-0.2, 0) is 16.1 Å². The Kier molecular flexibility index (Phi) is 9.03. The van der Waals surface area contributed by atoms with E-state index in [9.17, 15) is 20.0 Å². The molecule has 2 N–H and O–H groups in total. The second-order valence-electron chi connectivity index (χ2n) is 12.3. The van der Waals surface area contributed by atoms with Crippen LogP contribution in [0.2, 0.25) is 0 Å². The van der Waals surface area contributed by atoms with E-state index in [4.69, 9.17) is 9.72 Å². The number of rotatable bonds is 8. The van der Waals surface area contributed by atoms with Gasteiger partial charge in [0.05, 0.1) is 22.8 Å². The highest BCUT2D eigenvalue weighted by Gasteiger charge is 2.37. The van der Waals surface area contributed by atoms with E-state index in [-0.39, 0.29) is 5.91 Å². The molecule has 0 radical (unpaired) electrons. The lowest BCUT2D eigenvalue weighted by molar-refractivity contribution is -0.160. The number of aromatic nitrogens is 1. The number of piperidine rings is 1. The molecular formula is C34H40N4O4. The van der Waals surface area contributed by atoms with Gasteiger partial charge >= 0.3 is 5.97 Å². The maximum Gasteiger partial charge on any atom is 0.337 e. The summed E-state index contributed by atoms with van der Waals surface area (Å²) in [5.74, 6) is -1.27. The molecule has 1 saturated heterocycles. The fraction of sp³-hybridized carbons (Fsp3) is 0.412. The van der Waals surface area contributed by atoms with E-state index >= 15 is 0 Å². The molecule has 3 aromatic rings. The van der Waals surface area contributed by atoms with Crippen molar-refractivity contribution in [1.82, 2.24) is 10.3 Å². The Hall–Kier alpha value is -4.22. The van der Waals surface area contributed by atoms with Gasteiger partial charge in [-0.25, -0.2) is 4.79 Å². The monoisotopic (exact) mass is 568 g/mol. The second kappa shape index (κ2) is 12.3. The molecular weight excluding hydrogens is 528 g/mol. The molecule has 1 unspecified atom stereocenters. The zero-order valence-corrected chi connectivity index (χ0v) is 25.3. The predicted octanol–water partition coefficient (Wildman–Crippen LogP) is 6.37.